The molecule has 0 unspecified atom stereocenters. The summed E-state index contributed by atoms with van der Waals surface area (Å²) in [5.74, 6) is 0. The third-order valence-corrected chi connectivity index (χ3v) is 2.64. The molecule has 1 heterocycles. The zero-order chi connectivity index (χ0) is 9.68. The van der Waals surface area contributed by atoms with E-state index in [1.165, 1.54) is 11.3 Å². The summed E-state index contributed by atoms with van der Waals surface area (Å²) in [6, 6.07) is 1.88. The molecule has 0 fully saturated rings. The number of ether oxygens (including phenoxy) is 1. The van der Waals surface area contributed by atoms with E-state index in [-0.39, 0.29) is 0 Å². The van der Waals surface area contributed by atoms with Crippen LogP contribution in [0, 0.1) is 0 Å². The molecule has 0 spiro atoms. The van der Waals surface area contributed by atoms with Gasteiger partial charge in [-0.3, -0.25) is 4.79 Å². The predicted octanol–water partition coefficient (Wildman–Crippen LogP) is 1.64. The van der Waals surface area contributed by atoms with Crippen LogP contribution in [0.25, 0.3) is 0 Å². The molecule has 0 saturated carbocycles. The van der Waals surface area contributed by atoms with Crippen molar-refractivity contribution >= 4 is 23.3 Å². The number of likely N-dealkylation sites (N-methyl/N-ethyl adjacent to an activating group) is 1. The molecule has 4 heteroatoms. The molecule has 0 aliphatic carbocycles. The molecule has 0 N–H and O–H groups in total. The van der Waals surface area contributed by atoms with Crippen LogP contribution in [-0.2, 0) is 4.74 Å². The summed E-state index contributed by atoms with van der Waals surface area (Å²) in [7, 11) is 3.66. The van der Waals surface area contributed by atoms with E-state index < -0.39 is 0 Å². The van der Waals surface area contributed by atoms with Gasteiger partial charge in [0.1, 0.15) is 0 Å². The monoisotopic (exact) mass is 199 g/mol. The highest BCUT2D eigenvalue weighted by atomic mass is 32.1. The Morgan fingerprint density at radius 2 is 2.46 bits per heavy atom. The standard InChI is InChI=1S/C9H13NO2S/c1-10(3-4-12-2)8-5-9(6-11)13-7-8/h5-7H,3-4H2,1-2H3. The van der Waals surface area contributed by atoms with Crippen molar-refractivity contribution in [3.05, 3.63) is 16.3 Å². The van der Waals surface area contributed by atoms with Gasteiger partial charge in [0.2, 0.25) is 0 Å². The summed E-state index contributed by atoms with van der Waals surface area (Å²) in [5, 5.41) is 1.97. The van der Waals surface area contributed by atoms with Crippen LogP contribution in [0.2, 0.25) is 0 Å². The lowest BCUT2D eigenvalue weighted by molar-refractivity contribution is 0.112. The SMILES string of the molecule is COCCN(C)c1csc(C=O)c1. The number of thiophene rings is 1. The van der Waals surface area contributed by atoms with E-state index in [1.54, 1.807) is 7.11 Å². The van der Waals surface area contributed by atoms with Gasteiger partial charge in [-0.2, -0.15) is 0 Å². The molecule has 1 rings (SSSR count). The van der Waals surface area contributed by atoms with Crippen molar-refractivity contribution in [2.75, 3.05) is 32.2 Å². The molecule has 0 saturated heterocycles. The van der Waals surface area contributed by atoms with Crippen molar-refractivity contribution in [3.8, 4) is 0 Å². The smallest absolute Gasteiger partial charge is 0.160 e. The van der Waals surface area contributed by atoms with Crippen LogP contribution in [0.4, 0.5) is 5.69 Å². The van der Waals surface area contributed by atoms with E-state index in [0.29, 0.717) is 6.61 Å². The molecule has 0 radical (unpaired) electrons. The van der Waals surface area contributed by atoms with Gasteiger partial charge >= 0.3 is 0 Å². The molecule has 1 aromatic rings. The van der Waals surface area contributed by atoms with E-state index in [2.05, 4.69) is 4.90 Å². The largest absolute Gasteiger partial charge is 0.383 e. The van der Waals surface area contributed by atoms with E-state index in [1.807, 2.05) is 18.5 Å². The van der Waals surface area contributed by atoms with Crippen molar-refractivity contribution in [1.29, 1.82) is 0 Å². The Morgan fingerprint density at radius 1 is 1.69 bits per heavy atom. The van der Waals surface area contributed by atoms with Crippen molar-refractivity contribution in [2.24, 2.45) is 0 Å². The van der Waals surface area contributed by atoms with Crippen LogP contribution >= 0.6 is 11.3 Å². The molecular weight excluding hydrogens is 186 g/mol. The Morgan fingerprint density at radius 3 is 3.00 bits per heavy atom. The molecule has 0 aliphatic rings. The zero-order valence-corrected chi connectivity index (χ0v) is 8.63. The number of aldehydes is 1. The second-order valence-electron chi connectivity index (χ2n) is 2.74. The highest BCUT2D eigenvalue weighted by Gasteiger charge is 2.03. The molecule has 0 atom stereocenters. The van der Waals surface area contributed by atoms with Crippen LogP contribution in [0.15, 0.2) is 11.4 Å². The highest BCUT2D eigenvalue weighted by Crippen LogP contribution is 2.20. The predicted molar refractivity (Wildman–Crippen MR) is 54.9 cm³/mol. The third kappa shape index (κ3) is 2.82. The molecule has 1 aromatic heterocycles. The van der Waals surface area contributed by atoms with Gasteiger partial charge in [0.15, 0.2) is 6.29 Å². The van der Waals surface area contributed by atoms with Gasteiger partial charge in [-0.25, -0.2) is 0 Å². The van der Waals surface area contributed by atoms with Crippen LogP contribution in [0.1, 0.15) is 9.67 Å². The fourth-order valence-corrected chi connectivity index (χ4v) is 1.71. The van der Waals surface area contributed by atoms with Crippen LogP contribution < -0.4 is 4.90 Å². The number of rotatable bonds is 5. The van der Waals surface area contributed by atoms with E-state index in [4.69, 9.17) is 4.74 Å². The maximum absolute atomic E-state index is 10.4. The first-order valence-corrected chi connectivity index (χ1v) is 4.89. The second kappa shape index (κ2) is 4.99. The van der Waals surface area contributed by atoms with Crippen LogP contribution in [0.3, 0.4) is 0 Å². The first-order valence-electron chi connectivity index (χ1n) is 4.01. The summed E-state index contributed by atoms with van der Waals surface area (Å²) in [4.78, 5) is 13.2. The maximum Gasteiger partial charge on any atom is 0.160 e. The summed E-state index contributed by atoms with van der Waals surface area (Å²) in [6.07, 6.45) is 0.873. The van der Waals surface area contributed by atoms with Gasteiger partial charge < -0.3 is 9.64 Å². The van der Waals surface area contributed by atoms with Gasteiger partial charge in [0, 0.05) is 31.8 Å². The molecular formula is C9H13NO2S. The quantitative estimate of drug-likeness (QED) is 0.675. The Hall–Kier alpha value is -0.870. The normalized spacial score (nSPS) is 10.0. The van der Waals surface area contributed by atoms with Gasteiger partial charge in [-0.15, -0.1) is 11.3 Å². The summed E-state index contributed by atoms with van der Waals surface area (Å²) >= 11 is 1.46. The lowest BCUT2D eigenvalue weighted by atomic mass is 10.4. The highest BCUT2D eigenvalue weighted by molar-refractivity contribution is 7.12. The van der Waals surface area contributed by atoms with Gasteiger partial charge in [0.25, 0.3) is 0 Å². The summed E-state index contributed by atoms with van der Waals surface area (Å²) in [6.45, 7) is 1.54. The number of nitrogens with zero attached hydrogens (tertiary/aromatic N) is 1. The number of carbonyl (C=O) groups is 1. The van der Waals surface area contributed by atoms with Crippen LogP contribution in [0.5, 0.6) is 0 Å². The third-order valence-electron chi connectivity index (χ3n) is 1.79. The first-order chi connectivity index (χ1) is 6.27. The lowest BCUT2D eigenvalue weighted by Gasteiger charge is -2.16. The van der Waals surface area contributed by atoms with Crippen molar-refractivity contribution in [2.45, 2.75) is 0 Å². The van der Waals surface area contributed by atoms with Crippen LogP contribution in [-0.4, -0.2) is 33.6 Å². The van der Waals surface area contributed by atoms with Gasteiger partial charge in [0.05, 0.1) is 11.5 Å². The number of hydrogen-bond acceptors (Lipinski definition) is 4. The number of methoxy groups -OCH3 is 1. The van der Waals surface area contributed by atoms with Crippen molar-refractivity contribution < 1.29 is 9.53 Å². The molecule has 0 aromatic carbocycles. The minimum Gasteiger partial charge on any atom is -0.383 e. The first kappa shape index (κ1) is 10.2. The van der Waals surface area contributed by atoms with Gasteiger partial charge in [-0.1, -0.05) is 0 Å². The molecule has 0 amide bonds. The van der Waals surface area contributed by atoms with E-state index in [0.717, 1.165) is 23.4 Å². The number of hydrogen-bond donors (Lipinski definition) is 0. The topological polar surface area (TPSA) is 29.5 Å². The molecule has 3 nitrogen and oxygen atoms in total. The zero-order valence-electron chi connectivity index (χ0n) is 7.82. The summed E-state index contributed by atoms with van der Waals surface area (Å²) < 4.78 is 4.96. The average Bonchev–Trinajstić information content (AvgIpc) is 2.62. The minimum atomic E-state index is 0.697. The molecule has 0 bridgehead atoms. The van der Waals surface area contributed by atoms with Crippen molar-refractivity contribution in [1.82, 2.24) is 0 Å². The molecule has 72 valence electrons. The Labute approximate surface area is 81.9 Å². The Bertz CT molecular complexity index is 272. The Balaban J connectivity index is 2.54. The minimum absolute atomic E-state index is 0.697. The molecule has 0 aliphatic heterocycles. The fraction of sp³-hybridized carbons (Fsp3) is 0.444. The van der Waals surface area contributed by atoms with Gasteiger partial charge in [-0.05, 0) is 6.07 Å². The Kier molecular flexibility index (Phi) is 3.92. The number of anilines is 1. The lowest BCUT2D eigenvalue weighted by Crippen LogP contribution is -2.21. The van der Waals surface area contributed by atoms with E-state index in [9.17, 15) is 4.79 Å². The summed E-state index contributed by atoms with van der Waals surface area (Å²) in [5.41, 5.74) is 1.07. The van der Waals surface area contributed by atoms with E-state index >= 15 is 0 Å². The van der Waals surface area contributed by atoms with Crippen molar-refractivity contribution in [3.63, 3.8) is 0 Å². The maximum atomic E-state index is 10.4. The average molecular weight is 199 g/mol. The molecule has 13 heavy (non-hydrogen) atoms. The number of carbonyl (C=O) groups excluding carboxylic acids is 1. The second-order valence-corrected chi connectivity index (χ2v) is 3.68. The fourth-order valence-electron chi connectivity index (χ4n) is 0.961.